The van der Waals surface area contributed by atoms with E-state index in [2.05, 4.69) is 0 Å². The highest BCUT2D eigenvalue weighted by Crippen LogP contribution is 2.59. The molecule has 128 valence electrons. The fourth-order valence-corrected chi connectivity index (χ4v) is 3.36. The average molecular weight is 354 g/mol. The van der Waals surface area contributed by atoms with Crippen LogP contribution in [0.25, 0.3) is 11.1 Å². The van der Waals surface area contributed by atoms with Gasteiger partial charge >= 0.3 is 13.3 Å². The standard InChI is InChI=1S/C17H17F2O4P/c18-17(19,24(21,22)23)13-7-2-6-12(10-13)15-9-3-8-14(16(15)20)11-4-1-5-11/h2-3,6-11,20H,1,4-5H2,(H2,21,22,23). The van der Waals surface area contributed by atoms with Crippen LogP contribution in [0, 0.1) is 0 Å². The molecule has 3 rings (SSSR count). The first-order valence-electron chi connectivity index (χ1n) is 7.58. The van der Waals surface area contributed by atoms with Crippen LogP contribution in [-0.4, -0.2) is 14.9 Å². The average Bonchev–Trinajstić information content (AvgIpc) is 2.46. The number of phenols is 1. The van der Waals surface area contributed by atoms with E-state index < -0.39 is 18.8 Å². The van der Waals surface area contributed by atoms with E-state index in [1.807, 2.05) is 6.07 Å². The third-order valence-electron chi connectivity index (χ3n) is 4.50. The summed E-state index contributed by atoms with van der Waals surface area (Å²) < 4.78 is 38.9. The van der Waals surface area contributed by atoms with Gasteiger partial charge in [-0.25, -0.2) is 0 Å². The minimum absolute atomic E-state index is 0.0406. The third kappa shape index (κ3) is 2.86. The van der Waals surface area contributed by atoms with Gasteiger partial charge in [-0.3, -0.25) is 4.57 Å². The Morgan fingerprint density at radius 2 is 1.75 bits per heavy atom. The number of phenolic OH excluding ortho intramolecular Hbond substituents is 1. The molecule has 4 nitrogen and oxygen atoms in total. The molecule has 0 amide bonds. The molecule has 0 unspecified atom stereocenters. The number of hydrogen-bond donors (Lipinski definition) is 3. The molecular weight excluding hydrogens is 337 g/mol. The monoisotopic (exact) mass is 354 g/mol. The highest BCUT2D eigenvalue weighted by molar-refractivity contribution is 7.52. The van der Waals surface area contributed by atoms with Crippen molar-refractivity contribution in [3.63, 3.8) is 0 Å². The number of para-hydroxylation sites is 1. The van der Waals surface area contributed by atoms with Gasteiger partial charge in [0.15, 0.2) is 0 Å². The van der Waals surface area contributed by atoms with E-state index in [1.165, 1.54) is 12.1 Å². The van der Waals surface area contributed by atoms with Crippen molar-refractivity contribution in [2.24, 2.45) is 0 Å². The van der Waals surface area contributed by atoms with Crippen molar-refractivity contribution in [3.8, 4) is 16.9 Å². The molecule has 0 heterocycles. The minimum Gasteiger partial charge on any atom is -0.507 e. The molecule has 2 aromatic rings. The smallest absolute Gasteiger partial charge is 0.399 e. The predicted molar refractivity (Wildman–Crippen MR) is 86.1 cm³/mol. The Morgan fingerprint density at radius 3 is 2.33 bits per heavy atom. The normalized spacial score (nSPS) is 16.0. The fraction of sp³-hybridized carbons (Fsp3) is 0.294. The molecule has 1 saturated carbocycles. The highest BCUT2D eigenvalue weighted by Gasteiger charge is 2.50. The summed E-state index contributed by atoms with van der Waals surface area (Å²) in [5.41, 5.74) is -3.60. The van der Waals surface area contributed by atoms with Crippen LogP contribution in [0.4, 0.5) is 8.78 Å². The largest absolute Gasteiger partial charge is 0.507 e. The first kappa shape index (κ1) is 17.1. The Hall–Kier alpha value is -1.75. The quantitative estimate of drug-likeness (QED) is 0.704. The molecule has 0 bridgehead atoms. The Balaban J connectivity index is 2.06. The van der Waals surface area contributed by atoms with Gasteiger partial charge in [-0.15, -0.1) is 0 Å². The number of halogens is 2. The number of benzene rings is 2. The Kier molecular flexibility index (Phi) is 4.24. The van der Waals surface area contributed by atoms with Crippen molar-refractivity contribution in [1.29, 1.82) is 0 Å². The lowest BCUT2D eigenvalue weighted by molar-refractivity contribution is 0.0565. The number of alkyl halides is 2. The molecule has 0 aromatic heterocycles. The van der Waals surface area contributed by atoms with E-state index >= 15 is 0 Å². The van der Waals surface area contributed by atoms with E-state index in [0.717, 1.165) is 37.0 Å². The van der Waals surface area contributed by atoms with Crippen LogP contribution < -0.4 is 0 Å². The molecule has 0 saturated heterocycles. The number of rotatable bonds is 4. The Labute approximate surface area is 137 Å². The lowest BCUT2D eigenvalue weighted by atomic mass is 9.79. The van der Waals surface area contributed by atoms with Crippen LogP contribution in [0.3, 0.4) is 0 Å². The molecule has 0 atom stereocenters. The van der Waals surface area contributed by atoms with Crippen molar-refractivity contribution >= 4 is 7.60 Å². The number of hydrogen-bond acceptors (Lipinski definition) is 2. The summed E-state index contributed by atoms with van der Waals surface area (Å²) in [5.74, 6) is 0.309. The van der Waals surface area contributed by atoms with Crippen LogP contribution in [-0.2, 0) is 10.2 Å². The molecule has 0 radical (unpaired) electrons. The summed E-state index contributed by atoms with van der Waals surface area (Å²) in [6.07, 6.45) is 3.05. The van der Waals surface area contributed by atoms with E-state index in [-0.39, 0.29) is 11.7 Å². The van der Waals surface area contributed by atoms with Gasteiger partial charge in [0.1, 0.15) is 5.75 Å². The van der Waals surface area contributed by atoms with Gasteiger partial charge in [0, 0.05) is 11.1 Å². The molecule has 0 aliphatic heterocycles. The fourth-order valence-electron chi connectivity index (χ4n) is 2.89. The summed E-state index contributed by atoms with van der Waals surface area (Å²) >= 11 is 0. The summed E-state index contributed by atoms with van der Waals surface area (Å²) in [6.45, 7) is 0. The van der Waals surface area contributed by atoms with Gasteiger partial charge < -0.3 is 14.9 Å². The van der Waals surface area contributed by atoms with Gasteiger partial charge in [-0.1, -0.05) is 42.8 Å². The maximum absolute atomic E-state index is 13.9. The summed E-state index contributed by atoms with van der Waals surface area (Å²) in [5, 5.41) is 10.5. The van der Waals surface area contributed by atoms with E-state index in [1.54, 1.807) is 12.1 Å². The van der Waals surface area contributed by atoms with Crippen LogP contribution in [0.5, 0.6) is 5.75 Å². The van der Waals surface area contributed by atoms with Gasteiger partial charge in [0.25, 0.3) is 0 Å². The summed E-state index contributed by atoms with van der Waals surface area (Å²) in [6, 6.07) is 9.97. The summed E-state index contributed by atoms with van der Waals surface area (Å²) in [4.78, 5) is 17.8. The molecule has 24 heavy (non-hydrogen) atoms. The zero-order chi connectivity index (χ0) is 17.5. The molecule has 0 spiro atoms. The second-order valence-electron chi connectivity index (χ2n) is 6.04. The zero-order valence-electron chi connectivity index (χ0n) is 12.7. The van der Waals surface area contributed by atoms with Crippen LogP contribution in [0.15, 0.2) is 42.5 Å². The van der Waals surface area contributed by atoms with Crippen molar-refractivity contribution in [1.82, 2.24) is 0 Å². The van der Waals surface area contributed by atoms with Gasteiger partial charge in [0.05, 0.1) is 0 Å². The van der Waals surface area contributed by atoms with Crippen LogP contribution >= 0.6 is 7.60 Å². The number of aromatic hydroxyl groups is 1. The van der Waals surface area contributed by atoms with Gasteiger partial charge in [-0.05, 0) is 36.0 Å². The molecule has 2 aromatic carbocycles. The van der Waals surface area contributed by atoms with Crippen LogP contribution in [0.2, 0.25) is 0 Å². The maximum atomic E-state index is 13.9. The van der Waals surface area contributed by atoms with E-state index in [0.29, 0.717) is 11.1 Å². The van der Waals surface area contributed by atoms with Crippen molar-refractivity contribution in [3.05, 3.63) is 53.6 Å². The Morgan fingerprint density at radius 1 is 1.08 bits per heavy atom. The van der Waals surface area contributed by atoms with Crippen molar-refractivity contribution < 1.29 is 28.2 Å². The van der Waals surface area contributed by atoms with E-state index in [4.69, 9.17) is 9.79 Å². The minimum atomic E-state index is -5.63. The van der Waals surface area contributed by atoms with Gasteiger partial charge in [-0.2, -0.15) is 8.78 Å². The first-order chi connectivity index (χ1) is 11.2. The lowest BCUT2D eigenvalue weighted by Crippen LogP contribution is -2.13. The second kappa shape index (κ2) is 5.96. The second-order valence-corrected chi connectivity index (χ2v) is 7.69. The van der Waals surface area contributed by atoms with E-state index in [9.17, 15) is 18.5 Å². The first-order valence-corrected chi connectivity index (χ1v) is 9.19. The maximum Gasteiger partial charge on any atom is 0.399 e. The molecule has 1 aliphatic carbocycles. The van der Waals surface area contributed by atoms with Crippen molar-refractivity contribution in [2.75, 3.05) is 0 Å². The predicted octanol–water partition coefficient (Wildman–Crippen LogP) is 4.55. The molecular formula is C17H17F2O4P. The summed E-state index contributed by atoms with van der Waals surface area (Å²) in [7, 11) is -5.63. The SMILES string of the molecule is O=P(O)(O)C(F)(F)c1cccc(-c2cccc(C3CCC3)c2O)c1. The molecule has 1 fully saturated rings. The lowest BCUT2D eigenvalue weighted by Gasteiger charge is -2.27. The molecule has 3 N–H and O–H groups in total. The zero-order valence-corrected chi connectivity index (χ0v) is 13.6. The van der Waals surface area contributed by atoms with Crippen molar-refractivity contribution in [2.45, 2.75) is 30.8 Å². The van der Waals surface area contributed by atoms with Gasteiger partial charge in [0.2, 0.25) is 0 Å². The highest BCUT2D eigenvalue weighted by atomic mass is 31.2. The molecule has 1 aliphatic rings. The van der Waals surface area contributed by atoms with Crippen LogP contribution in [0.1, 0.15) is 36.3 Å². The third-order valence-corrected chi connectivity index (χ3v) is 5.49. The Bertz CT molecular complexity index is 812. The molecule has 7 heteroatoms. The topological polar surface area (TPSA) is 77.8 Å².